The number of ether oxygens (including phenoxy) is 8. The molecule has 1 N–H and O–H groups in total. The summed E-state index contributed by atoms with van der Waals surface area (Å²) in [6, 6.07) is 16.1. The van der Waals surface area contributed by atoms with Gasteiger partial charge in [0, 0.05) is 73.7 Å². The van der Waals surface area contributed by atoms with Crippen LogP contribution in [0.2, 0.25) is 0 Å². The van der Waals surface area contributed by atoms with E-state index in [-0.39, 0.29) is 11.6 Å². The van der Waals surface area contributed by atoms with Crippen molar-refractivity contribution in [3.8, 4) is 0 Å². The van der Waals surface area contributed by atoms with Gasteiger partial charge in [0.2, 0.25) is 12.6 Å². The number of H-pyrrole nitrogens is 1. The van der Waals surface area contributed by atoms with Gasteiger partial charge in [-0.15, -0.1) is 6.58 Å². The highest BCUT2D eigenvalue weighted by molar-refractivity contribution is 9.10. The van der Waals surface area contributed by atoms with Gasteiger partial charge in [-0.05, 0) is 42.2 Å². The second-order valence-corrected chi connectivity index (χ2v) is 15.3. The van der Waals surface area contributed by atoms with Crippen molar-refractivity contribution >= 4 is 56.7 Å². The van der Waals surface area contributed by atoms with Crippen molar-refractivity contribution in [2.45, 2.75) is 90.1 Å². The van der Waals surface area contributed by atoms with Crippen LogP contribution in [-0.4, -0.2) is 97.0 Å². The Labute approximate surface area is 344 Å². The summed E-state index contributed by atoms with van der Waals surface area (Å²) in [4.78, 5) is 68.7. The van der Waals surface area contributed by atoms with Gasteiger partial charge in [-0.1, -0.05) is 52.3 Å². The fraction of sp³-hybridized carbons (Fsp3) is 0.452. The zero-order valence-electron chi connectivity index (χ0n) is 32.8. The Bertz CT molecular complexity index is 2050. The monoisotopic (exact) mass is 866 g/mol. The number of benzene rings is 2. The van der Waals surface area contributed by atoms with Gasteiger partial charge >= 0.3 is 29.8 Å². The van der Waals surface area contributed by atoms with E-state index in [4.69, 9.17) is 37.9 Å². The summed E-state index contributed by atoms with van der Waals surface area (Å²) in [7, 11) is 1.29. The second-order valence-electron chi connectivity index (χ2n) is 14.4. The van der Waals surface area contributed by atoms with Crippen LogP contribution in [0.3, 0.4) is 0 Å². The molecule has 310 valence electrons. The predicted molar refractivity (Wildman–Crippen MR) is 209 cm³/mol. The second kappa shape index (κ2) is 18.7. The number of nitrogens with zero attached hydrogens (tertiary/aromatic N) is 1. The van der Waals surface area contributed by atoms with Gasteiger partial charge in [-0.3, -0.25) is 24.1 Å². The number of esters is 5. The number of carbonyl (C=O) groups excluding carboxylic acids is 5. The molecule has 3 aliphatic rings. The van der Waals surface area contributed by atoms with Crippen LogP contribution in [-0.2, 0) is 74.8 Å². The number of halogens is 1. The molecule has 15 nitrogen and oxygen atoms in total. The minimum atomic E-state index is -1.54. The van der Waals surface area contributed by atoms with Crippen LogP contribution >= 0.6 is 15.9 Å². The molecule has 6 rings (SSSR count). The van der Waals surface area contributed by atoms with Crippen LogP contribution in [0.15, 0.2) is 77.5 Å². The van der Waals surface area contributed by atoms with Gasteiger partial charge in [0.05, 0.1) is 25.0 Å². The van der Waals surface area contributed by atoms with Crippen LogP contribution < -0.4 is 0 Å². The number of rotatable bonds is 13. The highest BCUT2D eigenvalue weighted by Crippen LogP contribution is 2.45. The first kappa shape index (κ1) is 42.6. The van der Waals surface area contributed by atoms with E-state index in [1.54, 1.807) is 6.08 Å². The van der Waals surface area contributed by atoms with Crippen molar-refractivity contribution in [2.24, 2.45) is 11.8 Å². The number of methoxy groups -OCH3 is 1. The van der Waals surface area contributed by atoms with Crippen LogP contribution in [0.4, 0.5) is 0 Å². The molecule has 9 atom stereocenters. The van der Waals surface area contributed by atoms with E-state index in [0.29, 0.717) is 13.0 Å². The first-order valence-corrected chi connectivity index (χ1v) is 19.7. The SMILES string of the molecule is C=C[C@H]1[C@H](O[C@@H]2O[C@H](COC(C)=O)[C@@H](OC(C)=O)[C@H](OC(C)=O)[C@H]2OC(C)=O)OC=C(C(=O)OC)[C@H]1C[C@H]1c2[nH]c3ccccc3c2CCN1Cc1ccc(Br)cc1. The van der Waals surface area contributed by atoms with Crippen LogP contribution in [0.5, 0.6) is 0 Å². The fourth-order valence-corrected chi connectivity index (χ4v) is 8.30. The number of aromatic amines is 1. The van der Waals surface area contributed by atoms with Crippen molar-refractivity contribution < 1.29 is 61.9 Å². The molecule has 0 spiro atoms. The lowest BCUT2D eigenvalue weighted by Crippen LogP contribution is -2.63. The van der Waals surface area contributed by atoms with E-state index in [1.165, 1.54) is 25.9 Å². The molecular weight excluding hydrogens is 820 g/mol. The van der Waals surface area contributed by atoms with Crippen molar-refractivity contribution in [3.05, 3.63) is 94.3 Å². The quantitative estimate of drug-likeness (QED) is 0.132. The number of para-hydroxylation sites is 1. The third kappa shape index (κ3) is 9.63. The maximum Gasteiger partial charge on any atom is 0.337 e. The van der Waals surface area contributed by atoms with Crippen LogP contribution in [0.1, 0.15) is 57.0 Å². The van der Waals surface area contributed by atoms with E-state index in [9.17, 15) is 24.0 Å². The molecule has 1 saturated heterocycles. The van der Waals surface area contributed by atoms with Crippen molar-refractivity contribution in [1.29, 1.82) is 0 Å². The maximum atomic E-state index is 13.5. The van der Waals surface area contributed by atoms with Crippen molar-refractivity contribution in [2.75, 3.05) is 20.3 Å². The van der Waals surface area contributed by atoms with Gasteiger partial charge in [0.1, 0.15) is 12.7 Å². The van der Waals surface area contributed by atoms with E-state index >= 15 is 0 Å². The van der Waals surface area contributed by atoms with Crippen molar-refractivity contribution in [1.82, 2.24) is 9.88 Å². The molecule has 0 bridgehead atoms. The largest absolute Gasteiger partial charge is 0.471 e. The van der Waals surface area contributed by atoms with E-state index in [0.717, 1.165) is 60.4 Å². The Hall–Kier alpha value is -5.03. The summed E-state index contributed by atoms with van der Waals surface area (Å²) in [6.45, 7) is 9.63. The zero-order valence-corrected chi connectivity index (χ0v) is 34.4. The third-order valence-electron chi connectivity index (χ3n) is 10.5. The molecule has 58 heavy (non-hydrogen) atoms. The number of carbonyl (C=O) groups is 5. The molecule has 0 aliphatic carbocycles. The smallest absolute Gasteiger partial charge is 0.337 e. The van der Waals surface area contributed by atoms with Gasteiger partial charge in [0.25, 0.3) is 0 Å². The van der Waals surface area contributed by atoms with E-state index in [1.807, 2.05) is 30.3 Å². The Kier molecular flexibility index (Phi) is 13.7. The number of hydrogen-bond donors (Lipinski definition) is 1. The average molecular weight is 868 g/mol. The van der Waals surface area contributed by atoms with Crippen LogP contribution in [0, 0.1) is 11.8 Å². The van der Waals surface area contributed by atoms with Crippen LogP contribution in [0.25, 0.3) is 10.9 Å². The lowest BCUT2D eigenvalue weighted by Gasteiger charge is -2.46. The molecule has 2 aromatic carbocycles. The molecule has 4 heterocycles. The molecule has 1 aromatic heterocycles. The minimum Gasteiger partial charge on any atom is -0.471 e. The fourth-order valence-electron chi connectivity index (χ4n) is 8.04. The number of aromatic nitrogens is 1. The first-order chi connectivity index (χ1) is 27.8. The molecule has 1 fully saturated rings. The van der Waals surface area contributed by atoms with Gasteiger partial charge in [-0.2, -0.15) is 0 Å². The third-order valence-corrected chi connectivity index (χ3v) is 11.0. The summed E-state index contributed by atoms with van der Waals surface area (Å²) in [6.07, 6.45) is -4.23. The Morgan fingerprint density at radius 1 is 0.897 bits per heavy atom. The summed E-state index contributed by atoms with van der Waals surface area (Å²) in [5, 5.41) is 1.13. The predicted octanol–water partition coefficient (Wildman–Crippen LogP) is 5.35. The van der Waals surface area contributed by atoms with Gasteiger partial charge < -0.3 is 42.9 Å². The number of nitrogens with one attached hydrogen (secondary N) is 1. The topological polar surface area (TPSA) is 178 Å². The summed E-state index contributed by atoms with van der Waals surface area (Å²) >= 11 is 3.53. The molecule has 3 aromatic rings. The van der Waals surface area contributed by atoms with E-state index < -0.39 is 85.3 Å². The molecule has 0 amide bonds. The van der Waals surface area contributed by atoms with Gasteiger partial charge in [-0.25, -0.2) is 4.79 Å². The molecule has 16 heteroatoms. The molecular formula is C42H47BrN2O13. The molecule has 3 aliphatic heterocycles. The average Bonchev–Trinajstić information content (AvgIpc) is 3.56. The Morgan fingerprint density at radius 3 is 2.22 bits per heavy atom. The lowest BCUT2D eigenvalue weighted by molar-refractivity contribution is -0.342. The lowest BCUT2D eigenvalue weighted by atomic mass is 9.77. The summed E-state index contributed by atoms with van der Waals surface area (Å²) < 4.78 is 47.0. The first-order valence-electron chi connectivity index (χ1n) is 18.9. The normalized spacial score (nSPS) is 26.9. The summed E-state index contributed by atoms with van der Waals surface area (Å²) in [5.41, 5.74) is 4.59. The Balaban J connectivity index is 1.38. The highest BCUT2D eigenvalue weighted by atomic mass is 79.9. The van der Waals surface area contributed by atoms with Crippen molar-refractivity contribution in [3.63, 3.8) is 0 Å². The maximum absolute atomic E-state index is 13.5. The molecule has 0 saturated carbocycles. The zero-order chi connectivity index (χ0) is 41.7. The standard InChI is InChI=1S/C42H47BrN2O13/c1-7-28-31(18-34-36-30(29-10-8-9-11-33(29)44-36)16-17-45(34)19-26-12-14-27(43)15-13-26)32(40(50)51-6)20-53-41(28)58-42-39(56-25(5)49)38(55-24(4)48)37(54-23(3)47)35(57-42)21-52-22(2)46/h7-15,20,28,31,34-35,37-39,41-42,44H,1,16-19,21H2,2-6H3/t28-,31+,34+,35-,37-,38+,39-,41+,42+/m1/s1. The van der Waals surface area contributed by atoms with E-state index in [2.05, 4.69) is 50.6 Å². The number of fused-ring (bicyclic) bond motifs is 3. The Morgan fingerprint density at radius 2 is 1.57 bits per heavy atom. The summed E-state index contributed by atoms with van der Waals surface area (Å²) in [5.74, 6) is -4.94. The van der Waals surface area contributed by atoms with Gasteiger partial charge in [0.15, 0.2) is 18.3 Å². The molecule has 0 radical (unpaired) electrons. The molecule has 0 unspecified atom stereocenters. The highest BCUT2D eigenvalue weighted by Gasteiger charge is 2.54. The minimum absolute atomic E-state index is 0.232. The number of hydrogen-bond acceptors (Lipinski definition) is 14.